The molecular formula is C23H24NOP. The van der Waals surface area contributed by atoms with E-state index in [1.807, 2.05) is 67.6 Å². The molecular weight excluding hydrogens is 337 g/mol. The van der Waals surface area contributed by atoms with Crippen LogP contribution in [0.15, 0.2) is 91.0 Å². The van der Waals surface area contributed by atoms with Crippen LogP contribution in [0.1, 0.15) is 18.1 Å². The minimum atomic E-state index is -2.91. The van der Waals surface area contributed by atoms with Gasteiger partial charge in [-0.1, -0.05) is 78.4 Å². The fourth-order valence-electron chi connectivity index (χ4n) is 2.84. The summed E-state index contributed by atoms with van der Waals surface area (Å²) in [6.07, 6.45) is 4.13. The van der Waals surface area contributed by atoms with Gasteiger partial charge in [-0.25, -0.2) is 0 Å². The number of hydrogen-bond donors (Lipinski definition) is 1. The first-order chi connectivity index (χ1) is 12.6. The lowest BCUT2D eigenvalue weighted by molar-refractivity contribution is 0.574. The molecule has 0 amide bonds. The van der Waals surface area contributed by atoms with Gasteiger partial charge < -0.3 is 0 Å². The molecule has 0 fully saturated rings. The molecule has 132 valence electrons. The van der Waals surface area contributed by atoms with Gasteiger partial charge in [0.2, 0.25) is 7.29 Å². The largest absolute Gasteiger partial charge is 0.297 e. The molecule has 2 nitrogen and oxygen atoms in total. The van der Waals surface area contributed by atoms with E-state index in [1.54, 1.807) is 0 Å². The molecule has 3 aromatic carbocycles. The van der Waals surface area contributed by atoms with Crippen molar-refractivity contribution in [2.75, 3.05) is 0 Å². The zero-order chi connectivity index (χ0) is 18.4. The quantitative estimate of drug-likeness (QED) is 0.632. The number of rotatable bonds is 6. The molecule has 0 aliphatic carbocycles. The predicted molar refractivity (Wildman–Crippen MR) is 113 cm³/mol. The predicted octanol–water partition coefficient (Wildman–Crippen LogP) is 4.92. The highest BCUT2D eigenvalue weighted by molar-refractivity contribution is 7.76. The zero-order valence-corrected chi connectivity index (χ0v) is 16.1. The third-order valence-electron chi connectivity index (χ3n) is 4.28. The van der Waals surface area contributed by atoms with Gasteiger partial charge >= 0.3 is 0 Å². The molecule has 0 saturated carbocycles. The average Bonchev–Trinajstić information content (AvgIpc) is 2.69. The van der Waals surface area contributed by atoms with Crippen molar-refractivity contribution in [3.05, 3.63) is 102 Å². The van der Waals surface area contributed by atoms with Crippen LogP contribution < -0.4 is 15.7 Å². The lowest BCUT2D eigenvalue weighted by Crippen LogP contribution is -2.32. The Morgan fingerprint density at radius 1 is 0.808 bits per heavy atom. The minimum Gasteiger partial charge on any atom is -0.297 e. The Hall–Kier alpha value is -2.41. The molecule has 3 heteroatoms. The first kappa shape index (κ1) is 18.4. The normalized spacial score (nSPS) is 13.0. The molecule has 3 aromatic rings. The Kier molecular flexibility index (Phi) is 5.88. The Morgan fingerprint density at radius 3 is 1.81 bits per heavy atom. The summed E-state index contributed by atoms with van der Waals surface area (Å²) in [7, 11) is -2.91. The van der Waals surface area contributed by atoms with Gasteiger partial charge in [-0.2, -0.15) is 0 Å². The first-order valence-electron chi connectivity index (χ1n) is 8.82. The molecule has 0 aliphatic heterocycles. The van der Waals surface area contributed by atoms with Crippen molar-refractivity contribution < 1.29 is 4.57 Å². The molecule has 0 heterocycles. The highest BCUT2D eigenvalue weighted by Crippen LogP contribution is 2.39. The van der Waals surface area contributed by atoms with Crippen molar-refractivity contribution >= 4 is 24.0 Å². The highest BCUT2D eigenvalue weighted by atomic mass is 31.2. The van der Waals surface area contributed by atoms with Crippen LogP contribution in [-0.2, 0) is 4.57 Å². The van der Waals surface area contributed by atoms with Gasteiger partial charge in [-0.3, -0.25) is 9.65 Å². The minimum absolute atomic E-state index is 0.0393. The Labute approximate surface area is 156 Å². The number of aryl methyl sites for hydroxylation is 1. The summed E-state index contributed by atoms with van der Waals surface area (Å²) < 4.78 is 13.9. The van der Waals surface area contributed by atoms with Crippen molar-refractivity contribution in [3.8, 4) is 0 Å². The van der Waals surface area contributed by atoms with Crippen LogP contribution in [0, 0.1) is 6.92 Å². The van der Waals surface area contributed by atoms with E-state index in [2.05, 4.69) is 48.4 Å². The van der Waals surface area contributed by atoms with Gasteiger partial charge in [0, 0.05) is 16.7 Å². The molecule has 0 bridgehead atoms. The second kappa shape index (κ2) is 8.31. The molecule has 3 rings (SSSR count). The van der Waals surface area contributed by atoms with Crippen molar-refractivity contribution in [2.24, 2.45) is 0 Å². The van der Waals surface area contributed by atoms with Gasteiger partial charge in [0.25, 0.3) is 0 Å². The maximum atomic E-state index is 13.9. The molecule has 0 saturated heterocycles. The first-order valence-corrected chi connectivity index (χ1v) is 10.5. The molecule has 0 spiro atoms. The smallest absolute Gasteiger partial charge is 0.205 e. The fraction of sp³-hybridized carbons (Fsp3) is 0.130. The van der Waals surface area contributed by atoms with Gasteiger partial charge in [0.05, 0.1) is 0 Å². The molecule has 1 N–H and O–H groups in total. The van der Waals surface area contributed by atoms with Crippen molar-refractivity contribution in [3.63, 3.8) is 0 Å². The van der Waals surface area contributed by atoms with E-state index in [1.165, 1.54) is 5.56 Å². The molecule has 26 heavy (non-hydrogen) atoms. The van der Waals surface area contributed by atoms with Gasteiger partial charge in [-0.15, -0.1) is 0 Å². The van der Waals surface area contributed by atoms with Crippen molar-refractivity contribution in [1.82, 2.24) is 5.09 Å². The topological polar surface area (TPSA) is 29.1 Å². The summed E-state index contributed by atoms with van der Waals surface area (Å²) >= 11 is 0. The maximum absolute atomic E-state index is 13.9. The van der Waals surface area contributed by atoms with E-state index >= 15 is 0 Å². The summed E-state index contributed by atoms with van der Waals surface area (Å²) in [6, 6.07) is 27.6. The van der Waals surface area contributed by atoms with Crippen LogP contribution in [0.5, 0.6) is 0 Å². The van der Waals surface area contributed by atoms with Crippen molar-refractivity contribution in [2.45, 2.75) is 19.9 Å². The summed E-state index contributed by atoms with van der Waals surface area (Å²) in [5.41, 5.74) is 2.38. The number of nitrogens with one attached hydrogen (secondary N) is 1. The van der Waals surface area contributed by atoms with E-state index in [4.69, 9.17) is 0 Å². The summed E-state index contributed by atoms with van der Waals surface area (Å²) in [5.74, 6) is 0. The standard InChI is InChI=1S/C23H24NOP/c1-19-13-16-21(17-14-19)18-15-20(2)24-26(25,22-9-5-3-6-10-22)23-11-7-4-8-12-23/h3-18,20H,1-2H3,(H,24,25)/b18-15+. The fourth-order valence-corrected chi connectivity index (χ4v) is 5.28. The average molecular weight is 361 g/mol. The van der Waals surface area contributed by atoms with Crippen LogP contribution >= 0.6 is 7.29 Å². The Bertz CT molecular complexity index is 858. The lowest BCUT2D eigenvalue weighted by Gasteiger charge is -2.23. The maximum Gasteiger partial charge on any atom is 0.205 e. The second-order valence-corrected chi connectivity index (χ2v) is 8.98. The molecule has 0 radical (unpaired) electrons. The molecule has 1 atom stereocenters. The van der Waals surface area contributed by atoms with E-state index in [9.17, 15) is 4.57 Å². The van der Waals surface area contributed by atoms with Crippen LogP contribution in [0.3, 0.4) is 0 Å². The summed E-state index contributed by atoms with van der Waals surface area (Å²) in [6.45, 7) is 4.11. The molecule has 1 unspecified atom stereocenters. The number of benzene rings is 3. The second-order valence-electron chi connectivity index (χ2n) is 6.47. The summed E-state index contributed by atoms with van der Waals surface area (Å²) in [5, 5.41) is 5.02. The third kappa shape index (κ3) is 4.40. The van der Waals surface area contributed by atoms with Crippen molar-refractivity contribution in [1.29, 1.82) is 0 Å². The van der Waals surface area contributed by atoms with Crippen LogP contribution in [0.4, 0.5) is 0 Å². The van der Waals surface area contributed by atoms with Gasteiger partial charge in [0.1, 0.15) is 0 Å². The monoisotopic (exact) mass is 361 g/mol. The van der Waals surface area contributed by atoms with Gasteiger partial charge in [-0.05, 0) is 43.7 Å². The van der Waals surface area contributed by atoms with Crippen LogP contribution in [0.25, 0.3) is 6.08 Å². The van der Waals surface area contributed by atoms with Gasteiger partial charge in [0.15, 0.2) is 0 Å². The Morgan fingerprint density at radius 2 is 1.31 bits per heavy atom. The van der Waals surface area contributed by atoms with Crippen LogP contribution in [-0.4, -0.2) is 6.04 Å². The third-order valence-corrected chi connectivity index (χ3v) is 7.10. The Balaban J connectivity index is 1.86. The highest BCUT2D eigenvalue weighted by Gasteiger charge is 2.27. The number of hydrogen-bond acceptors (Lipinski definition) is 1. The van der Waals surface area contributed by atoms with Crippen LogP contribution in [0.2, 0.25) is 0 Å². The molecule has 0 aliphatic rings. The van der Waals surface area contributed by atoms with E-state index in [-0.39, 0.29) is 6.04 Å². The molecule has 0 aromatic heterocycles. The van der Waals surface area contributed by atoms with E-state index < -0.39 is 7.29 Å². The van der Waals surface area contributed by atoms with E-state index in [0.29, 0.717) is 0 Å². The zero-order valence-electron chi connectivity index (χ0n) is 15.2. The summed E-state index contributed by atoms with van der Waals surface area (Å²) in [4.78, 5) is 0. The lowest BCUT2D eigenvalue weighted by atomic mass is 10.1. The van der Waals surface area contributed by atoms with E-state index in [0.717, 1.165) is 16.2 Å². The SMILES string of the molecule is Cc1ccc(/C=C/C(C)NP(=O)(c2ccccc2)c2ccccc2)cc1.